The van der Waals surface area contributed by atoms with Crippen LogP contribution in [0.2, 0.25) is 0 Å². The molecule has 2 N–H and O–H groups in total. The summed E-state index contributed by atoms with van der Waals surface area (Å²) in [6, 6.07) is 16.1. The number of para-hydroxylation sites is 1. The number of nitrogens with zero attached hydrogens (tertiary/aromatic N) is 2. The summed E-state index contributed by atoms with van der Waals surface area (Å²) < 4.78 is 0. The maximum atomic E-state index is 12.1. The highest BCUT2D eigenvalue weighted by atomic mass is 16.2. The van der Waals surface area contributed by atoms with E-state index in [1.807, 2.05) is 38.1 Å². The summed E-state index contributed by atoms with van der Waals surface area (Å²) in [7, 11) is 0. The molecular weight excluding hydrogens is 352 g/mol. The standard InChI is InChI=1S/C22H28N4O2/c1-17-14-18(2)16-19(15-17)24-22(28)21(27)23-8-9-25-10-12-26(13-11-25)20-6-4-3-5-7-20/h3-7,14-16H,8-13H2,1-2H3,(H,23,27)(H,24,28). The number of amides is 2. The van der Waals surface area contributed by atoms with Crippen molar-refractivity contribution < 1.29 is 9.59 Å². The van der Waals surface area contributed by atoms with Gasteiger partial charge in [0.1, 0.15) is 0 Å². The Morgan fingerprint density at radius 3 is 2.18 bits per heavy atom. The molecule has 1 saturated heterocycles. The van der Waals surface area contributed by atoms with E-state index in [9.17, 15) is 9.59 Å². The van der Waals surface area contributed by atoms with Crippen molar-refractivity contribution in [3.05, 3.63) is 59.7 Å². The van der Waals surface area contributed by atoms with Gasteiger partial charge in [0.05, 0.1) is 0 Å². The van der Waals surface area contributed by atoms with E-state index in [1.54, 1.807) is 0 Å². The zero-order valence-corrected chi connectivity index (χ0v) is 16.6. The van der Waals surface area contributed by atoms with Crippen LogP contribution in [0.4, 0.5) is 11.4 Å². The topological polar surface area (TPSA) is 64.7 Å². The maximum Gasteiger partial charge on any atom is 0.313 e. The van der Waals surface area contributed by atoms with Crippen molar-refractivity contribution in [2.75, 3.05) is 49.5 Å². The minimum atomic E-state index is -0.626. The van der Waals surface area contributed by atoms with Crippen molar-refractivity contribution >= 4 is 23.2 Å². The van der Waals surface area contributed by atoms with Crippen molar-refractivity contribution in [1.29, 1.82) is 0 Å². The molecule has 6 nitrogen and oxygen atoms in total. The number of benzene rings is 2. The first-order valence-corrected chi connectivity index (χ1v) is 9.71. The van der Waals surface area contributed by atoms with Crippen LogP contribution >= 0.6 is 0 Å². The van der Waals surface area contributed by atoms with Crippen LogP contribution in [0.15, 0.2) is 48.5 Å². The first-order valence-electron chi connectivity index (χ1n) is 9.71. The summed E-state index contributed by atoms with van der Waals surface area (Å²) in [5.41, 5.74) is 3.99. The molecule has 0 atom stereocenters. The third kappa shape index (κ3) is 5.57. The van der Waals surface area contributed by atoms with Gasteiger partial charge < -0.3 is 15.5 Å². The molecule has 0 aromatic heterocycles. The minimum Gasteiger partial charge on any atom is -0.369 e. The molecule has 0 radical (unpaired) electrons. The summed E-state index contributed by atoms with van der Waals surface area (Å²) in [6.07, 6.45) is 0. The molecule has 0 unspecified atom stereocenters. The number of aryl methyl sites for hydroxylation is 2. The SMILES string of the molecule is Cc1cc(C)cc(NC(=O)C(=O)NCCN2CCN(c3ccccc3)CC2)c1. The Kier molecular flexibility index (Phi) is 6.66. The second-order valence-electron chi connectivity index (χ2n) is 7.25. The van der Waals surface area contributed by atoms with E-state index in [2.05, 4.69) is 44.7 Å². The Balaban J connectivity index is 1.38. The molecule has 1 aliphatic rings. The Hall–Kier alpha value is -2.86. The molecule has 0 aliphatic carbocycles. The van der Waals surface area contributed by atoms with E-state index in [0.717, 1.165) is 43.9 Å². The molecule has 1 aliphatic heterocycles. The number of piperazine rings is 1. The molecule has 148 valence electrons. The number of carbonyl (C=O) groups is 2. The van der Waals surface area contributed by atoms with Crippen LogP contribution in [0.5, 0.6) is 0 Å². The third-order valence-corrected chi connectivity index (χ3v) is 4.89. The molecule has 2 aromatic rings. The summed E-state index contributed by atoms with van der Waals surface area (Å²) in [4.78, 5) is 28.8. The van der Waals surface area contributed by atoms with E-state index >= 15 is 0 Å². The van der Waals surface area contributed by atoms with Crippen molar-refractivity contribution in [3.63, 3.8) is 0 Å². The van der Waals surface area contributed by atoms with Crippen molar-refractivity contribution in [3.8, 4) is 0 Å². The second-order valence-corrected chi connectivity index (χ2v) is 7.25. The predicted molar refractivity (Wildman–Crippen MR) is 113 cm³/mol. The molecular formula is C22H28N4O2. The lowest BCUT2D eigenvalue weighted by molar-refractivity contribution is -0.136. The van der Waals surface area contributed by atoms with E-state index in [-0.39, 0.29) is 0 Å². The van der Waals surface area contributed by atoms with Crippen LogP contribution in [-0.2, 0) is 9.59 Å². The second kappa shape index (κ2) is 9.37. The quantitative estimate of drug-likeness (QED) is 0.781. The van der Waals surface area contributed by atoms with Gasteiger partial charge in [0.25, 0.3) is 0 Å². The Labute approximate surface area is 166 Å². The van der Waals surface area contributed by atoms with Gasteiger partial charge >= 0.3 is 11.8 Å². The first kappa shape index (κ1) is 19.9. The van der Waals surface area contributed by atoms with Crippen LogP contribution in [-0.4, -0.2) is 56.0 Å². The highest BCUT2D eigenvalue weighted by Gasteiger charge is 2.18. The molecule has 1 fully saturated rings. The molecule has 3 rings (SSSR count). The molecule has 1 heterocycles. The minimum absolute atomic E-state index is 0.463. The highest BCUT2D eigenvalue weighted by molar-refractivity contribution is 6.39. The average molecular weight is 380 g/mol. The van der Waals surface area contributed by atoms with Gasteiger partial charge in [0.2, 0.25) is 0 Å². The number of anilines is 2. The summed E-state index contributed by atoms with van der Waals surface area (Å²) >= 11 is 0. The molecule has 0 spiro atoms. The molecule has 0 bridgehead atoms. The number of hydrogen-bond donors (Lipinski definition) is 2. The Morgan fingerprint density at radius 1 is 0.893 bits per heavy atom. The monoisotopic (exact) mass is 380 g/mol. The smallest absolute Gasteiger partial charge is 0.313 e. The fourth-order valence-corrected chi connectivity index (χ4v) is 3.51. The van der Waals surface area contributed by atoms with Crippen LogP contribution in [0.3, 0.4) is 0 Å². The number of carbonyl (C=O) groups excluding carboxylic acids is 2. The lowest BCUT2D eigenvalue weighted by atomic mass is 10.1. The first-order chi connectivity index (χ1) is 13.5. The number of nitrogens with one attached hydrogen (secondary N) is 2. The van der Waals surface area contributed by atoms with Crippen molar-refractivity contribution in [2.45, 2.75) is 13.8 Å². The zero-order valence-electron chi connectivity index (χ0n) is 16.6. The summed E-state index contributed by atoms with van der Waals surface area (Å²) in [5, 5.41) is 5.38. The lowest BCUT2D eigenvalue weighted by Crippen LogP contribution is -2.49. The Bertz CT molecular complexity index is 794. The van der Waals surface area contributed by atoms with Gasteiger partial charge in [0.15, 0.2) is 0 Å². The van der Waals surface area contributed by atoms with E-state index in [1.165, 1.54) is 5.69 Å². The molecule has 2 aromatic carbocycles. The van der Waals surface area contributed by atoms with E-state index in [0.29, 0.717) is 12.2 Å². The van der Waals surface area contributed by atoms with E-state index < -0.39 is 11.8 Å². The van der Waals surface area contributed by atoms with Gasteiger partial charge in [0, 0.05) is 50.6 Å². The molecule has 2 amide bonds. The van der Waals surface area contributed by atoms with Crippen LogP contribution in [0, 0.1) is 13.8 Å². The fraction of sp³-hybridized carbons (Fsp3) is 0.364. The van der Waals surface area contributed by atoms with Crippen molar-refractivity contribution in [1.82, 2.24) is 10.2 Å². The lowest BCUT2D eigenvalue weighted by Gasteiger charge is -2.36. The van der Waals surface area contributed by atoms with Gasteiger partial charge in [-0.15, -0.1) is 0 Å². The fourth-order valence-electron chi connectivity index (χ4n) is 3.51. The molecule has 28 heavy (non-hydrogen) atoms. The zero-order chi connectivity index (χ0) is 19.9. The normalized spacial score (nSPS) is 14.6. The largest absolute Gasteiger partial charge is 0.369 e. The highest BCUT2D eigenvalue weighted by Crippen LogP contribution is 2.15. The molecule has 6 heteroatoms. The van der Waals surface area contributed by atoms with Crippen LogP contribution < -0.4 is 15.5 Å². The predicted octanol–water partition coefficient (Wildman–Crippen LogP) is 2.18. The van der Waals surface area contributed by atoms with Crippen molar-refractivity contribution in [2.24, 2.45) is 0 Å². The Morgan fingerprint density at radius 2 is 1.54 bits per heavy atom. The summed E-state index contributed by atoms with van der Waals surface area (Å²) in [6.45, 7) is 8.94. The summed E-state index contributed by atoms with van der Waals surface area (Å²) in [5.74, 6) is -1.22. The number of rotatable bonds is 5. The van der Waals surface area contributed by atoms with Gasteiger partial charge in [-0.05, 0) is 49.2 Å². The maximum absolute atomic E-state index is 12.1. The molecule has 0 saturated carbocycles. The van der Waals surface area contributed by atoms with Gasteiger partial charge in [-0.25, -0.2) is 0 Å². The number of hydrogen-bond acceptors (Lipinski definition) is 4. The van der Waals surface area contributed by atoms with Gasteiger partial charge in [-0.2, -0.15) is 0 Å². The average Bonchev–Trinajstić information content (AvgIpc) is 2.68. The van der Waals surface area contributed by atoms with E-state index in [4.69, 9.17) is 0 Å². The van der Waals surface area contributed by atoms with Gasteiger partial charge in [-0.3, -0.25) is 14.5 Å². The van der Waals surface area contributed by atoms with Crippen LogP contribution in [0.25, 0.3) is 0 Å². The van der Waals surface area contributed by atoms with Gasteiger partial charge in [-0.1, -0.05) is 24.3 Å². The van der Waals surface area contributed by atoms with Crippen LogP contribution in [0.1, 0.15) is 11.1 Å². The third-order valence-electron chi connectivity index (χ3n) is 4.89.